The van der Waals surface area contributed by atoms with Crippen LogP contribution in [-0.4, -0.2) is 19.5 Å². The van der Waals surface area contributed by atoms with Crippen LogP contribution < -0.4 is 0 Å². The number of hydrogen-bond acceptors (Lipinski definition) is 2. The van der Waals surface area contributed by atoms with Crippen molar-refractivity contribution in [3.05, 3.63) is 30.3 Å². The van der Waals surface area contributed by atoms with Crippen LogP contribution in [0.4, 0.5) is 0 Å². The van der Waals surface area contributed by atoms with Gasteiger partial charge in [0.1, 0.15) is 0 Å². The van der Waals surface area contributed by atoms with Gasteiger partial charge in [-0.25, -0.2) is 0 Å². The molecule has 0 saturated heterocycles. The third-order valence-electron chi connectivity index (χ3n) is 2.07. The molecule has 0 radical (unpaired) electrons. The molecule has 0 spiro atoms. The second kappa shape index (κ2) is 6.91. The first kappa shape index (κ1) is 11.6. The molecule has 0 N–H and O–H groups in total. The highest BCUT2D eigenvalue weighted by Gasteiger charge is 2.01. The molecule has 78 valence electrons. The first-order chi connectivity index (χ1) is 6.83. The van der Waals surface area contributed by atoms with E-state index < -0.39 is 0 Å². The molecule has 0 aromatic heterocycles. The number of rotatable bonds is 6. The smallest absolute Gasteiger partial charge is 0.0488 e. The molecule has 14 heavy (non-hydrogen) atoms. The Balaban J connectivity index is 2.16. The van der Waals surface area contributed by atoms with E-state index in [-0.39, 0.29) is 0 Å². The normalized spacial score (nSPS) is 12.7. The van der Waals surface area contributed by atoms with Crippen LogP contribution in [0.1, 0.15) is 13.3 Å². The predicted molar refractivity (Wildman–Crippen MR) is 62.8 cm³/mol. The first-order valence-electron chi connectivity index (χ1n) is 4.99. The van der Waals surface area contributed by atoms with E-state index in [1.807, 2.05) is 11.8 Å². The lowest BCUT2D eigenvalue weighted by Crippen LogP contribution is -2.04. The summed E-state index contributed by atoms with van der Waals surface area (Å²) in [5, 5.41) is 0. The van der Waals surface area contributed by atoms with E-state index in [1.165, 1.54) is 17.1 Å². The third kappa shape index (κ3) is 4.68. The van der Waals surface area contributed by atoms with Crippen LogP contribution >= 0.6 is 11.8 Å². The fourth-order valence-corrected chi connectivity index (χ4v) is 2.37. The van der Waals surface area contributed by atoms with Crippen LogP contribution in [0.25, 0.3) is 0 Å². The van der Waals surface area contributed by atoms with Crippen molar-refractivity contribution in [1.82, 2.24) is 0 Å². The van der Waals surface area contributed by atoms with Gasteiger partial charge in [-0.1, -0.05) is 25.1 Å². The minimum atomic E-state index is 0.663. The number of thioether (sulfide) groups is 1. The Kier molecular flexibility index (Phi) is 5.72. The standard InChI is InChI=1S/C12H18OS/c1-11(10-13-2)8-9-14-12-6-4-3-5-7-12/h3-7,11H,8-10H2,1-2H3/t11-/m1/s1. The molecule has 2 heteroatoms. The number of ether oxygens (including phenoxy) is 1. The summed E-state index contributed by atoms with van der Waals surface area (Å²) >= 11 is 1.92. The van der Waals surface area contributed by atoms with Gasteiger partial charge >= 0.3 is 0 Å². The van der Waals surface area contributed by atoms with Gasteiger partial charge in [-0.2, -0.15) is 0 Å². The maximum atomic E-state index is 5.10. The van der Waals surface area contributed by atoms with Gasteiger partial charge in [-0.3, -0.25) is 0 Å². The van der Waals surface area contributed by atoms with E-state index in [4.69, 9.17) is 4.74 Å². The number of methoxy groups -OCH3 is 1. The van der Waals surface area contributed by atoms with E-state index in [1.54, 1.807) is 7.11 Å². The Bertz CT molecular complexity index is 235. The fraction of sp³-hybridized carbons (Fsp3) is 0.500. The van der Waals surface area contributed by atoms with Crippen LogP contribution in [0.2, 0.25) is 0 Å². The zero-order chi connectivity index (χ0) is 10.2. The lowest BCUT2D eigenvalue weighted by Gasteiger charge is -2.09. The van der Waals surface area contributed by atoms with Crippen LogP contribution in [0.3, 0.4) is 0 Å². The molecular formula is C12H18OS. The van der Waals surface area contributed by atoms with Crippen molar-refractivity contribution in [2.24, 2.45) is 5.92 Å². The van der Waals surface area contributed by atoms with Crippen molar-refractivity contribution in [2.45, 2.75) is 18.2 Å². The number of benzene rings is 1. The van der Waals surface area contributed by atoms with Crippen molar-refractivity contribution in [1.29, 1.82) is 0 Å². The molecule has 1 atom stereocenters. The summed E-state index contributed by atoms with van der Waals surface area (Å²) in [6.07, 6.45) is 1.22. The Hall–Kier alpha value is -0.470. The summed E-state index contributed by atoms with van der Waals surface area (Å²) in [4.78, 5) is 1.36. The molecule has 1 rings (SSSR count). The zero-order valence-electron chi connectivity index (χ0n) is 8.90. The molecule has 0 aliphatic carbocycles. The average Bonchev–Trinajstić information content (AvgIpc) is 2.20. The SMILES string of the molecule is COC[C@H](C)CCSc1ccccc1. The van der Waals surface area contributed by atoms with Gasteiger partial charge < -0.3 is 4.74 Å². The second-order valence-corrected chi connectivity index (χ2v) is 4.68. The summed E-state index contributed by atoms with van der Waals surface area (Å²) in [6, 6.07) is 10.5. The van der Waals surface area contributed by atoms with E-state index in [0.717, 1.165) is 6.61 Å². The Morgan fingerprint density at radius 1 is 1.29 bits per heavy atom. The van der Waals surface area contributed by atoms with Crippen molar-refractivity contribution in [3.8, 4) is 0 Å². The van der Waals surface area contributed by atoms with Crippen LogP contribution in [0, 0.1) is 5.92 Å². The topological polar surface area (TPSA) is 9.23 Å². The molecule has 0 aliphatic heterocycles. The van der Waals surface area contributed by atoms with Crippen molar-refractivity contribution in [3.63, 3.8) is 0 Å². The quantitative estimate of drug-likeness (QED) is 0.665. The first-order valence-corrected chi connectivity index (χ1v) is 5.98. The molecule has 0 heterocycles. The number of hydrogen-bond donors (Lipinski definition) is 0. The molecular weight excluding hydrogens is 192 g/mol. The maximum absolute atomic E-state index is 5.10. The van der Waals surface area contributed by atoms with Gasteiger partial charge in [0.2, 0.25) is 0 Å². The highest BCUT2D eigenvalue weighted by molar-refractivity contribution is 7.99. The third-order valence-corrected chi connectivity index (χ3v) is 3.12. The van der Waals surface area contributed by atoms with Crippen LogP contribution in [-0.2, 0) is 4.74 Å². The van der Waals surface area contributed by atoms with Crippen molar-refractivity contribution >= 4 is 11.8 Å². The largest absolute Gasteiger partial charge is 0.384 e. The molecule has 0 unspecified atom stereocenters. The van der Waals surface area contributed by atoms with Crippen LogP contribution in [0.15, 0.2) is 35.2 Å². The van der Waals surface area contributed by atoms with Gasteiger partial charge in [0.15, 0.2) is 0 Å². The molecule has 0 amide bonds. The maximum Gasteiger partial charge on any atom is 0.0488 e. The summed E-state index contributed by atoms with van der Waals surface area (Å²) in [5.74, 6) is 1.84. The van der Waals surface area contributed by atoms with Crippen LogP contribution in [0.5, 0.6) is 0 Å². The minimum absolute atomic E-state index is 0.663. The Labute approximate surface area is 90.9 Å². The van der Waals surface area contributed by atoms with Gasteiger partial charge in [-0.05, 0) is 30.2 Å². The van der Waals surface area contributed by atoms with Gasteiger partial charge in [0, 0.05) is 18.6 Å². The predicted octanol–water partition coefficient (Wildman–Crippen LogP) is 3.45. The molecule has 0 bridgehead atoms. The average molecular weight is 210 g/mol. The molecule has 0 saturated carbocycles. The summed E-state index contributed by atoms with van der Waals surface area (Å²) in [6.45, 7) is 3.10. The monoisotopic (exact) mass is 210 g/mol. The van der Waals surface area contributed by atoms with Crippen molar-refractivity contribution < 1.29 is 4.74 Å². The minimum Gasteiger partial charge on any atom is -0.384 e. The fourth-order valence-electron chi connectivity index (χ4n) is 1.26. The summed E-state index contributed by atoms with van der Waals surface area (Å²) in [7, 11) is 1.76. The molecule has 0 fully saturated rings. The second-order valence-electron chi connectivity index (χ2n) is 3.51. The van der Waals surface area contributed by atoms with E-state index >= 15 is 0 Å². The zero-order valence-corrected chi connectivity index (χ0v) is 9.72. The highest BCUT2D eigenvalue weighted by atomic mass is 32.2. The summed E-state index contributed by atoms with van der Waals surface area (Å²) in [5.41, 5.74) is 0. The molecule has 0 aliphatic rings. The van der Waals surface area contributed by atoms with Crippen molar-refractivity contribution in [2.75, 3.05) is 19.5 Å². The molecule has 1 aromatic rings. The van der Waals surface area contributed by atoms with E-state index in [2.05, 4.69) is 37.3 Å². The van der Waals surface area contributed by atoms with Gasteiger partial charge in [0.25, 0.3) is 0 Å². The molecule has 1 aromatic carbocycles. The highest BCUT2D eigenvalue weighted by Crippen LogP contribution is 2.19. The summed E-state index contributed by atoms with van der Waals surface area (Å²) < 4.78 is 5.10. The van der Waals surface area contributed by atoms with Gasteiger partial charge in [-0.15, -0.1) is 11.8 Å². The van der Waals surface area contributed by atoms with Gasteiger partial charge in [0.05, 0.1) is 0 Å². The lowest BCUT2D eigenvalue weighted by atomic mass is 10.1. The van der Waals surface area contributed by atoms with E-state index in [0.29, 0.717) is 5.92 Å². The Morgan fingerprint density at radius 2 is 2.00 bits per heavy atom. The Morgan fingerprint density at radius 3 is 2.64 bits per heavy atom. The molecule has 1 nitrogen and oxygen atoms in total. The lowest BCUT2D eigenvalue weighted by molar-refractivity contribution is 0.158. The van der Waals surface area contributed by atoms with E-state index in [9.17, 15) is 0 Å².